The maximum atomic E-state index is 12.4. The van der Waals surface area contributed by atoms with Crippen LogP contribution in [-0.2, 0) is 14.6 Å². The SMILES string of the molecule is COc1ccc(S(=O)(=O)CC(=O)Nc2nc(-c3ccc(Cl)cc3Cl)cs2)cc1. The largest absolute Gasteiger partial charge is 0.497 e. The summed E-state index contributed by atoms with van der Waals surface area (Å²) in [4.78, 5) is 16.5. The molecule has 28 heavy (non-hydrogen) atoms. The lowest BCUT2D eigenvalue weighted by molar-refractivity contribution is -0.113. The Kier molecular flexibility index (Phi) is 6.24. The van der Waals surface area contributed by atoms with E-state index in [1.807, 2.05) is 0 Å². The molecule has 0 aliphatic heterocycles. The second kappa shape index (κ2) is 8.48. The first kappa shape index (κ1) is 20.6. The van der Waals surface area contributed by atoms with E-state index in [4.69, 9.17) is 27.9 Å². The van der Waals surface area contributed by atoms with Crippen molar-refractivity contribution in [2.45, 2.75) is 4.90 Å². The number of benzene rings is 2. The Morgan fingerprint density at radius 1 is 1.18 bits per heavy atom. The molecule has 0 radical (unpaired) electrons. The summed E-state index contributed by atoms with van der Waals surface area (Å²) in [6, 6.07) is 10.8. The van der Waals surface area contributed by atoms with Crippen molar-refractivity contribution in [1.82, 2.24) is 4.98 Å². The maximum absolute atomic E-state index is 12.4. The molecule has 3 aromatic rings. The number of hydrogen-bond acceptors (Lipinski definition) is 6. The molecule has 1 amide bonds. The smallest absolute Gasteiger partial charge is 0.241 e. The number of carbonyl (C=O) groups is 1. The molecular formula is C18H14Cl2N2O4S2. The number of thiazole rings is 1. The lowest BCUT2D eigenvalue weighted by Crippen LogP contribution is -2.22. The highest BCUT2D eigenvalue weighted by Crippen LogP contribution is 2.32. The Morgan fingerprint density at radius 3 is 2.54 bits per heavy atom. The topological polar surface area (TPSA) is 85.4 Å². The molecule has 10 heteroatoms. The molecule has 1 N–H and O–H groups in total. The van der Waals surface area contributed by atoms with Crippen molar-refractivity contribution >= 4 is 55.4 Å². The van der Waals surface area contributed by atoms with Gasteiger partial charge in [-0.15, -0.1) is 11.3 Å². The molecule has 1 heterocycles. The van der Waals surface area contributed by atoms with Gasteiger partial charge in [0.15, 0.2) is 15.0 Å². The van der Waals surface area contributed by atoms with Gasteiger partial charge < -0.3 is 10.1 Å². The molecule has 0 bridgehead atoms. The average Bonchev–Trinajstić information content (AvgIpc) is 3.09. The van der Waals surface area contributed by atoms with Crippen LogP contribution in [0.2, 0.25) is 10.0 Å². The zero-order chi connectivity index (χ0) is 20.3. The standard InChI is InChI=1S/C18H14Cl2N2O4S2/c1-26-12-3-5-13(6-4-12)28(24,25)10-17(23)22-18-21-16(9-27-18)14-7-2-11(19)8-15(14)20/h2-9H,10H2,1H3,(H,21,22,23). The van der Waals surface area contributed by atoms with Gasteiger partial charge in [-0.2, -0.15) is 0 Å². The van der Waals surface area contributed by atoms with Gasteiger partial charge in [0.05, 0.1) is 22.7 Å². The fourth-order valence-corrected chi connectivity index (χ4v) is 4.71. The van der Waals surface area contributed by atoms with Crippen LogP contribution < -0.4 is 10.1 Å². The van der Waals surface area contributed by atoms with Gasteiger partial charge in [0, 0.05) is 16.0 Å². The third-order valence-corrected chi connectivity index (χ3v) is 6.64. The normalized spacial score (nSPS) is 11.2. The summed E-state index contributed by atoms with van der Waals surface area (Å²) < 4.78 is 29.8. The Labute approximate surface area is 176 Å². The quantitative estimate of drug-likeness (QED) is 0.588. The van der Waals surface area contributed by atoms with Gasteiger partial charge in [0.25, 0.3) is 0 Å². The van der Waals surface area contributed by atoms with Crippen LogP contribution in [0.4, 0.5) is 5.13 Å². The number of methoxy groups -OCH3 is 1. The molecule has 6 nitrogen and oxygen atoms in total. The van der Waals surface area contributed by atoms with E-state index in [1.165, 1.54) is 42.7 Å². The highest BCUT2D eigenvalue weighted by molar-refractivity contribution is 7.92. The van der Waals surface area contributed by atoms with Crippen LogP contribution in [-0.4, -0.2) is 32.2 Å². The van der Waals surface area contributed by atoms with Crippen LogP contribution in [0.25, 0.3) is 11.3 Å². The fourth-order valence-electron chi connectivity index (χ4n) is 2.35. The van der Waals surface area contributed by atoms with Gasteiger partial charge in [-0.25, -0.2) is 13.4 Å². The van der Waals surface area contributed by atoms with E-state index in [0.29, 0.717) is 27.1 Å². The molecule has 0 unspecified atom stereocenters. The highest BCUT2D eigenvalue weighted by atomic mass is 35.5. The number of rotatable bonds is 6. The predicted molar refractivity (Wildman–Crippen MR) is 111 cm³/mol. The summed E-state index contributed by atoms with van der Waals surface area (Å²) in [6.07, 6.45) is 0. The number of nitrogens with one attached hydrogen (secondary N) is 1. The van der Waals surface area contributed by atoms with Gasteiger partial charge in [0.2, 0.25) is 5.91 Å². The fraction of sp³-hybridized carbons (Fsp3) is 0.111. The van der Waals surface area contributed by atoms with Crippen LogP contribution in [0, 0.1) is 0 Å². The van der Waals surface area contributed by atoms with Crippen molar-refractivity contribution < 1.29 is 17.9 Å². The summed E-state index contributed by atoms with van der Waals surface area (Å²) in [5.74, 6) is -0.853. The number of ether oxygens (including phenoxy) is 1. The van der Waals surface area contributed by atoms with Crippen LogP contribution in [0.1, 0.15) is 0 Å². The van der Waals surface area contributed by atoms with E-state index in [9.17, 15) is 13.2 Å². The average molecular weight is 457 g/mol. The van der Waals surface area contributed by atoms with E-state index in [0.717, 1.165) is 0 Å². The third kappa shape index (κ3) is 4.82. The number of sulfone groups is 1. The second-order valence-corrected chi connectivity index (χ2v) is 9.34. The lowest BCUT2D eigenvalue weighted by atomic mass is 10.2. The summed E-state index contributed by atoms with van der Waals surface area (Å²) >= 11 is 13.2. The molecule has 0 saturated heterocycles. The van der Waals surface area contributed by atoms with E-state index < -0.39 is 21.5 Å². The second-order valence-electron chi connectivity index (χ2n) is 5.64. The zero-order valence-electron chi connectivity index (χ0n) is 14.5. The van der Waals surface area contributed by atoms with E-state index in [-0.39, 0.29) is 10.0 Å². The number of halogens is 2. The number of amides is 1. The molecular weight excluding hydrogens is 443 g/mol. The molecule has 1 aromatic heterocycles. The predicted octanol–water partition coefficient (Wildman–Crippen LogP) is 4.54. The lowest BCUT2D eigenvalue weighted by Gasteiger charge is -2.06. The minimum Gasteiger partial charge on any atom is -0.497 e. The van der Waals surface area contributed by atoms with Crippen LogP contribution in [0.5, 0.6) is 5.75 Å². The van der Waals surface area contributed by atoms with Gasteiger partial charge in [-0.1, -0.05) is 23.2 Å². The number of hydrogen-bond donors (Lipinski definition) is 1. The summed E-state index contributed by atoms with van der Waals surface area (Å²) in [5.41, 5.74) is 1.22. The van der Waals surface area contributed by atoms with Gasteiger partial charge in [-0.05, 0) is 42.5 Å². The molecule has 0 spiro atoms. The first-order valence-corrected chi connectivity index (χ1v) is 11.1. The third-order valence-electron chi connectivity index (χ3n) is 3.70. The zero-order valence-corrected chi connectivity index (χ0v) is 17.6. The Morgan fingerprint density at radius 2 is 1.89 bits per heavy atom. The Hall–Kier alpha value is -2.13. The minimum atomic E-state index is -3.79. The van der Waals surface area contributed by atoms with Crippen LogP contribution in [0.15, 0.2) is 52.7 Å². The van der Waals surface area contributed by atoms with Crippen molar-refractivity contribution in [3.05, 3.63) is 57.9 Å². The number of nitrogens with zero attached hydrogens (tertiary/aromatic N) is 1. The van der Waals surface area contributed by atoms with Crippen molar-refractivity contribution in [3.63, 3.8) is 0 Å². The molecule has 0 saturated carbocycles. The van der Waals surface area contributed by atoms with E-state index >= 15 is 0 Å². The molecule has 0 fully saturated rings. The van der Waals surface area contributed by atoms with Crippen molar-refractivity contribution in [2.24, 2.45) is 0 Å². The Bertz CT molecular complexity index is 1110. The van der Waals surface area contributed by atoms with Crippen LogP contribution in [0.3, 0.4) is 0 Å². The molecule has 3 rings (SSSR count). The summed E-state index contributed by atoms with van der Waals surface area (Å²) in [5, 5.41) is 5.42. The molecule has 0 aliphatic rings. The molecule has 146 valence electrons. The number of anilines is 1. The van der Waals surface area contributed by atoms with Crippen molar-refractivity contribution in [2.75, 3.05) is 18.2 Å². The van der Waals surface area contributed by atoms with Gasteiger partial charge in [-0.3, -0.25) is 4.79 Å². The highest BCUT2D eigenvalue weighted by Gasteiger charge is 2.20. The number of aromatic nitrogens is 1. The van der Waals surface area contributed by atoms with Crippen molar-refractivity contribution in [3.8, 4) is 17.0 Å². The molecule has 0 atom stereocenters. The molecule has 2 aromatic carbocycles. The van der Waals surface area contributed by atoms with E-state index in [1.54, 1.807) is 23.6 Å². The summed E-state index contributed by atoms with van der Waals surface area (Å²) in [6.45, 7) is 0. The maximum Gasteiger partial charge on any atom is 0.241 e. The number of carbonyl (C=O) groups excluding carboxylic acids is 1. The summed E-state index contributed by atoms with van der Waals surface area (Å²) in [7, 11) is -2.31. The van der Waals surface area contributed by atoms with Crippen LogP contribution >= 0.6 is 34.5 Å². The van der Waals surface area contributed by atoms with Crippen molar-refractivity contribution in [1.29, 1.82) is 0 Å². The Balaban J connectivity index is 1.70. The van der Waals surface area contributed by atoms with Gasteiger partial charge >= 0.3 is 0 Å². The van der Waals surface area contributed by atoms with Gasteiger partial charge in [0.1, 0.15) is 11.5 Å². The first-order valence-electron chi connectivity index (χ1n) is 7.86. The monoisotopic (exact) mass is 456 g/mol. The first-order chi connectivity index (χ1) is 13.3. The van der Waals surface area contributed by atoms with E-state index in [2.05, 4.69) is 10.3 Å². The molecule has 0 aliphatic carbocycles. The minimum absolute atomic E-state index is 0.0382.